The lowest BCUT2D eigenvalue weighted by molar-refractivity contribution is -0.0577. The largest absolute Gasteiger partial charge is 0.446 e. The molecule has 0 radical (unpaired) electrons. The van der Waals surface area contributed by atoms with Crippen LogP contribution in [0.1, 0.15) is 105 Å². The summed E-state index contributed by atoms with van der Waals surface area (Å²) in [6, 6.07) is 7.17. The number of benzene rings is 1. The molecule has 38 heavy (non-hydrogen) atoms. The summed E-state index contributed by atoms with van der Waals surface area (Å²) in [4.78, 5) is 12.6. The number of amides is 1. The molecule has 0 aromatic heterocycles. The third-order valence-electron chi connectivity index (χ3n) is 11.6. The number of ether oxygens (including phenoxy) is 1. The van der Waals surface area contributed by atoms with Gasteiger partial charge in [0.1, 0.15) is 6.10 Å². The van der Waals surface area contributed by atoms with E-state index in [1.807, 2.05) is 12.1 Å². The number of carbonyl (C=O) groups excluding carboxylic acids is 1. The van der Waals surface area contributed by atoms with Gasteiger partial charge in [-0.2, -0.15) is 0 Å². The molecule has 0 saturated heterocycles. The summed E-state index contributed by atoms with van der Waals surface area (Å²) in [5.41, 5.74) is 3.08. The van der Waals surface area contributed by atoms with Crippen molar-refractivity contribution in [2.45, 2.75) is 111 Å². The van der Waals surface area contributed by atoms with Gasteiger partial charge in [0.05, 0.1) is 0 Å². The molecular formula is C34H50ClNO2. The Labute approximate surface area is 236 Å². The second-order valence-electron chi connectivity index (χ2n) is 14.2. The summed E-state index contributed by atoms with van der Waals surface area (Å²) in [5.74, 6) is 5.10. The monoisotopic (exact) mass is 539 g/mol. The van der Waals surface area contributed by atoms with Gasteiger partial charge in [0, 0.05) is 17.1 Å². The number of hydrogen-bond acceptors (Lipinski definition) is 2. The fourth-order valence-corrected chi connectivity index (χ4v) is 9.71. The molecule has 0 unspecified atom stereocenters. The van der Waals surface area contributed by atoms with Crippen molar-refractivity contribution in [3.63, 3.8) is 0 Å². The number of rotatable bonds is 7. The van der Waals surface area contributed by atoms with Crippen LogP contribution in [0.2, 0.25) is 5.02 Å². The SMILES string of the molecule is CC(C)CCC[C@H](C)[C@H]1CC[C@H]2[C@@H]3CC=C4C[C@H](OC(=O)Nc5ccc(Cl)cc5)CC[C@]4(C)[C@H]3CC[C@]12C. The lowest BCUT2D eigenvalue weighted by Crippen LogP contribution is -2.51. The molecular weight excluding hydrogens is 490 g/mol. The van der Waals surface area contributed by atoms with Crippen molar-refractivity contribution in [3.8, 4) is 0 Å². The van der Waals surface area contributed by atoms with Crippen LogP contribution in [0, 0.1) is 46.3 Å². The van der Waals surface area contributed by atoms with Crippen LogP contribution in [0.25, 0.3) is 0 Å². The third kappa shape index (κ3) is 5.43. The first-order chi connectivity index (χ1) is 18.1. The highest BCUT2D eigenvalue weighted by molar-refractivity contribution is 6.30. The van der Waals surface area contributed by atoms with E-state index in [1.54, 1.807) is 17.7 Å². The number of allylic oxidation sites excluding steroid dienone is 1. The molecule has 0 bridgehead atoms. The molecule has 0 spiro atoms. The van der Waals surface area contributed by atoms with E-state index in [9.17, 15) is 4.79 Å². The zero-order chi connectivity index (χ0) is 27.1. The predicted molar refractivity (Wildman–Crippen MR) is 158 cm³/mol. The summed E-state index contributed by atoms with van der Waals surface area (Å²) >= 11 is 5.97. The Morgan fingerprint density at radius 1 is 1.03 bits per heavy atom. The van der Waals surface area contributed by atoms with Crippen molar-refractivity contribution in [2.24, 2.45) is 46.3 Å². The van der Waals surface area contributed by atoms with E-state index in [2.05, 4.69) is 46.0 Å². The van der Waals surface area contributed by atoms with E-state index in [1.165, 1.54) is 51.4 Å². The lowest BCUT2D eigenvalue weighted by Gasteiger charge is -2.58. The lowest BCUT2D eigenvalue weighted by atomic mass is 9.47. The maximum Gasteiger partial charge on any atom is 0.411 e. The molecule has 210 valence electrons. The summed E-state index contributed by atoms with van der Waals surface area (Å²) in [5, 5.41) is 3.52. The van der Waals surface area contributed by atoms with Crippen LogP contribution in [0.5, 0.6) is 0 Å². The van der Waals surface area contributed by atoms with Gasteiger partial charge in [0.25, 0.3) is 0 Å². The minimum Gasteiger partial charge on any atom is -0.446 e. The molecule has 1 aromatic carbocycles. The van der Waals surface area contributed by atoms with Crippen LogP contribution < -0.4 is 5.32 Å². The molecule has 8 atom stereocenters. The molecule has 1 N–H and O–H groups in total. The third-order valence-corrected chi connectivity index (χ3v) is 11.9. The van der Waals surface area contributed by atoms with Gasteiger partial charge < -0.3 is 4.74 Å². The smallest absolute Gasteiger partial charge is 0.411 e. The highest BCUT2D eigenvalue weighted by Crippen LogP contribution is 2.67. The molecule has 3 nitrogen and oxygen atoms in total. The Balaban J connectivity index is 1.21. The fraction of sp³-hybridized carbons (Fsp3) is 0.735. The number of halogens is 1. The second kappa shape index (κ2) is 11.2. The molecule has 4 aliphatic carbocycles. The molecule has 5 rings (SSSR count). The maximum absolute atomic E-state index is 12.6. The van der Waals surface area contributed by atoms with Crippen LogP contribution in [0.15, 0.2) is 35.9 Å². The van der Waals surface area contributed by atoms with Gasteiger partial charge in [-0.1, -0.05) is 77.1 Å². The van der Waals surface area contributed by atoms with Crippen LogP contribution in [0.4, 0.5) is 10.5 Å². The van der Waals surface area contributed by atoms with Crippen molar-refractivity contribution in [3.05, 3.63) is 40.9 Å². The Kier molecular flexibility index (Phi) is 8.26. The standard InChI is InChI=1S/C34H50ClNO2/c1-22(2)7-6-8-23(3)29-15-16-30-28-14-9-24-21-27(38-32(37)36-26-12-10-25(35)11-13-26)17-19-33(24,4)31(28)18-20-34(29,30)5/h9-13,22-23,27-31H,6-8,14-21H2,1-5H3,(H,36,37)/t23-,27+,28-,29+,30-,31-,33-,34+/m0/s1. The quantitative estimate of drug-likeness (QED) is 0.350. The van der Waals surface area contributed by atoms with Gasteiger partial charge in [0.15, 0.2) is 0 Å². The highest BCUT2D eigenvalue weighted by Gasteiger charge is 2.59. The molecule has 3 saturated carbocycles. The number of hydrogen-bond donors (Lipinski definition) is 1. The van der Waals surface area contributed by atoms with Crippen molar-refractivity contribution in [1.82, 2.24) is 0 Å². The minimum atomic E-state index is -0.358. The normalized spacial score (nSPS) is 37.0. The van der Waals surface area contributed by atoms with Gasteiger partial charge in [-0.3, -0.25) is 5.32 Å². The number of nitrogens with one attached hydrogen (secondary N) is 1. The van der Waals surface area contributed by atoms with Gasteiger partial charge in [-0.15, -0.1) is 0 Å². The molecule has 3 fully saturated rings. The van der Waals surface area contributed by atoms with E-state index in [0.717, 1.165) is 54.8 Å². The van der Waals surface area contributed by atoms with Gasteiger partial charge in [0.2, 0.25) is 0 Å². The van der Waals surface area contributed by atoms with Crippen LogP contribution >= 0.6 is 11.6 Å². The molecule has 4 heteroatoms. The fourth-order valence-electron chi connectivity index (χ4n) is 9.58. The Morgan fingerprint density at radius 2 is 1.79 bits per heavy atom. The summed E-state index contributed by atoms with van der Waals surface area (Å²) in [6.07, 6.45) is 16.3. The van der Waals surface area contributed by atoms with E-state index in [4.69, 9.17) is 16.3 Å². The number of fused-ring (bicyclic) bond motifs is 5. The average Bonchev–Trinajstić information content (AvgIpc) is 3.23. The molecule has 1 amide bonds. The first-order valence-corrected chi connectivity index (χ1v) is 15.9. The number of carbonyl (C=O) groups is 1. The zero-order valence-corrected chi connectivity index (χ0v) is 25.2. The summed E-state index contributed by atoms with van der Waals surface area (Å²) in [7, 11) is 0. The Hall–Kier alpha value is -1.48. The minimum absolute atomic E-state index is 0.0328. The maximum atomic E-state index is 12.6. The van der Waals surface area contributed by atoms with Crippen LogP contribution in [-0.4, -0.2) is 12.2 Å². The molecule has 4 aliphatic rings. The zero-order valence-electron chi connectivity index (χ0n) is 24.4. The summed E-state index contributed by atoms with van der Waals surface area (Å²) < 4.78 is 5.90. The van der Waals surface area contributed by atoms with Gasteiger partial charge in [-0.25, -0.2) is 4.79 Å². The average molecular weight is 540 g/mol. The van der Waals surface area contributed by atoms with Crippen LogP contribution in [0.3, 0.4) is 0 Å². The second-order valence-corrected chi connectivity index (χ2v) is 14.6. The van der Waals surface area contributed by atoms with Crippen molar-refractivity contribution in [2.75, 3.05) is 5.32 Å². The number of anilines is 1. The van der Waals surface area contributed by atoms with E-state index >= 15 is 0 Å². The van der Waals surface area contributed by atoms with Gasteiger partial charge in [-0.05, 0) is 116 Å². The Bertz CT molecular complexity index is 1020. The van der Waals surface area contributed by atoms with Crippen molar-refractivity contribution < 1.29 is 9.53 Å². The summed E-state index contributed by atoms with van der Waals surface area (Å²) in [6.45, 7) is 12.5. The first kappa shape index (κ1) is 28.1. The van der Waals surface area contributed by atoms with Gasteiger partial charge >= 0.3 is 6.09 Å². The van der Waals surface area contributed by atoms with E-state index in [-0.39, 0.29) is 17.6 Å². The van der Waals surface area contributed by atoms with Crippen molar-refractivity contribution in [1.29, 1.82) is 0 Å². The molecule has 1 aromatic rings. The van der Waals surface area contributed by atoms with Crippen molar-refractivity contribution >= 4 is 23.4 Å². The Morgan fingerprint density at radius 3 is 2.53 bits per heavy atom. The highest BCUT2D eigenvalue weighted by atomic mass is 35.5. The topological polar surface area (TPSA) is 38.3 Å². The molecule has 0 heterocycles. The van der Waals surface area contributed by atoms with E-state index < -0.39 is 0 Å². The van der Waals surface area contributed by atoms with Crippen LogP contribution in [-0.2, 0) is 4.74 Å². The van der Waals surface area contributed by atoms with E-state index in [0.29, 0.717) is 16.1 Å². The predicted octanol–water partition coefficient (Wildman–Crippen LogP) is 10.3. The first-order valence-electron chi connectivity index (χ1n) is 15.5. The molecule has 0 aliphatic heterocycles.